The molecule has 0 unspecified atom stereocenters. The molecule has 0 fully saturated rings. The summed E-state index contributed by atoms with van der Waals surface area (Å²) in [6.45, 7) is 0.783. The third kappa shape index (κ3) is 4.05. The minimum absolute atomic E-state index is 0.202. The van der Waals surface area contributed by atoms with E-state index in [2.05, 4.69) is 5.32 Å². The van der Waals surface area contributed by atoms with Gasteiger partial charge < -0.3 is 14.8 Å². The van der Waals surface area contributed by atoms with Gasteiger partial charge in [0.25, 0.3) is 0 Å². The Morgan fingerprint density at radius 3 is 2.74 bits per heavy atom. The molecule has 2 aromatic carbocycles. The fraction of sp³-hybridized carbons (Fsp3) is 0.167. The van der Waals surface area contributed by atoms with Crippen LogP contribution in [0.25, 0.3) is 6.08 Å². The van der Waals surface area contributed by atoms with Crippen molar-refractivity contribution >= 4 is 23.6 Å². The van der Waals surface area contributed by atoms with Crippen molar-refractivity contribution < 1.29 is 14.3 Å². The number of hydrogen-bond donors (Lipinski definition) is 1. The molecule has 0 aromatic heterocycles. The van der Waals surface area contributed by atoms with Gasteiger partial charge in [0, 0.05) is 11.1 Å². The maximum atomic E-state index is 11.9. The van der Waals surface area contributed by atoms with E-state index in [4.69, 9.17) is 21.1 Å². The Morgan fingerprint density at radius 2 is 1.91 bits per heavy atom. The summed E-state index contributed by atoms with van der Waals surface area (Å²) in [6, 6.07) is 14.8. The minimum Gasteiger partial charge on any atom is -0.486 e. The molecular weight excluding hydrogens is 314 g/mol. The molecule has 1 heterocycles. The Hall–Kier alpha value is -2.46. The first-order valence-electron chi connectivity index (χ1n) is 7.31. The van der Waals surface area contributed by atoms with Crippen molar-refractivity contribution in [3.8, 4) is 11.5 Å². The molecule has 0 aliphatic carbocycles. The summed E-state index contributed by atoms with van der Waals surface area (Å²) >= 11 is 6.03. The highest BCUT2D eigenvalue weighted by Gasteiger charge is 2.20. The normalized spacial score (nSPS) is 16.3. The predicted octanol–water partition coefficient (Wildman–Crippen LogP) is 3.31. The van der Waals surface area contributed by atoms with Crippen LogP contribution in [0, 0.1) is 0 Å². The number of carbonyl (C=O) groups is 1. The van der Waals surface area contributed by atoms with Gasteiger partial charge in [0.2, 0.25) is 5.91 Å². The highest BCUT2D eigenvalue weighted by Crippen LogP contribution is 2.30. The largest absolute Gasteiger partial charge is 0.486 e. The van der Waals surface area contributed by atoms with E-state index in [-0.39, 0.29) is 12.0 Å². The summed E-state index contributed by atoms with van der Waals surface area (Å²) in [6.07, 6.45) is 2.94. The van der Waals surface area contributed by atoms with Crippen LogP contribution >= 0.6 is 11.6 Å². The van der Waals surface area contributed by atoms with Gasteiger partial charge in [-0.25, -0.2) is 0 Å². The molecule has 1 N–H and O–H groups in total. The van der Waals surface area contributed by atoms with Crippen LogP contribution in [-0.2, 0) is 4.79 Å². The second-order valence-corrected chi connectivity index (χ2v) is 5.50. The standard InChI is InChI=1S/C18H16ClNO3/c19-15-6-2-1-5-13(15)9-10-18(21)20-11-14-12-22-16-7-3-4-8-17(16)23-14/h1-10,14H,11-12H2,(H,20,21)/b10-9+/t14-/m0/s1. The van der Waals surface area contributed by atoms with Gasteiger partial charge in [0.05, 0.1) is 6.54 Å². The fourth-order valence-corrected chi connectivity index (χ4v) is 2.41. The number of halogens is 1. The first-order chi connectivity index (χ1) is 11.2. The predicted molar refractivity (Wildman–Crippen MR) is 89.8 cm³/mol. The van der Waals surface area contributed by atoms with Gasteiger partial charge in [-0.3, -0.25) is 4.79 Å². The summed E-state index contributed by atoms with van der Waals surface area (Å²) < 4.78 is 11.4. The van der Waals surface area contributed by atoms with Crippen molar-refractivity contribution in [2.45, 2.75) is 6.10 Å². The molecule has 5 heteroatoms. The van der Waals surface area contributed by atoms with Gasteiger partial charge >= 0.3 is 0 Å². The van der Waals surface area contributed by atoms with Gasteiger partial charge in [0.1, 0.15) is 12.7 Å². The Balaban J connectivity index is 1.51. The van der Waals surface area contributed by atoms with Crippen molar-refractivity contribution in [3.05, 3.63) is 65.2 Å². The zero-order chi connectivity index (χ0) is 16.1. The van der Waals surface area contributed by atoms with Gasteiger partial charge in [-0.2, -0.15) is 0 Å². The molecule has 1 amide bonds. The lowest BCUT2D eigenvalue weighted by atomic mass is 10.2. The molecule has 2 aromatic rings. The molecule has 3 rings (SSSR count). The van der Waals surface area contributed by atoms with Gasteiger partial charge in [-0.1, -0.05) is 41.9 Å². The van der Waals surface area contributed by atoms with Crippen LogP contribution in [0.15, 0.2) is 54.6 Å². The van der Waals surface area contributed by atoms with Crippen LogP contribution in [0.1, 0.15) is 5.56 Å². The van der Waals surface area contributed by atoms with Crippen LogP contribution < -0.4 is 14.8 Å². The van der Waals surface area contributed by atoms with Crippen molar-refractivity contribution in [1.82, 2.24) is 5.32 Å². The smallest absolute Gasteiger partial charge is 0.244 e. The van der Waals surface area contributed by atoms with E-state index in [1.54, 1.807) is 12.1 Å². The lowest BCUT2D eigenvalue weighted by Crippen LogP contribution is -2.40. The number of benzene rings is 2. The number of amides is 1. The van der Waals surface area contributed by atoms with Crippen LogP contribution in [0.4, 0.5) is 0 Å². The Morgan fingerprint density at radius 1 is 1.17 bits per heavy atom. The molecule has 0 saturated heterocycles. The maximum absolute atomic E-state index is 11.9. The first-order valence-corrected chi connectivity index (χ1v) is 7.69. The highest BCUT2D eigenvalue weighted by atomic mass is 35.5. The van der Waals surface area contributed by atoms with E-state index in [0.717, 1.165) is 11.3 Å². The van der Waals surface area contributed by atoms with Gasteiger partial charge in [-0.15, -0.1) is 0 Å². The number of rotatable bonds is 4. The zero-order valence-corrected chi connectivity index (χ0v) is 13.1. The lowest BCUT2D eigenvalue weighted by Gasteiger charge is -2.26. The van der Waals surface area contributed by atoms with E-state index in [1.165, 1.54) is 6.08 Å². The fourth-order valence-electron chi connectivity index (χ4n) is 2.21. The van der Waals surface area contributed by atoms with Crippen molar-refractivity contribution in [1.29, 1.82) is 0 Å². The average Bonchev–Trinajstić information content (AvgIpc) is 2.59. The molecule has 1 atom stereocenters. The third-order valence-corrected chi connectivity index (χ3v) is 3.74. The summed E-state index contributed by atoms with van der Waals surface area (Å²) in [5.74, 6) is 1.23. The second kappa shape index (κ2) is 7.20. The molecule has 0 saturated carbocycles. The Bertz CT molecular complexity index is 730. The monoisotopic (exact) mass is 329 g/mol. The second-order valence-electron chi connectivity index (χ2n) is 5.10. The molecular formula is C18H16ClNO3. The molecule has 1 aliphatic heterocycles. The number of hydrogen-bond acceptors (Lipinski definition) is 3. The van der Waals surface area contributed by atoms with E-state index < -0.39 is 0 Å². The lowest BCUT2D eigenvalue weighted by molar-refractivity contribution is -0.116. The number of carbonyl (C=O) groups excluding carboxylic acids is 1. The molecule has 0 radical (unpaired) electrons. The summed E-state index contributed by atoms with van der Waals surface area (Å²) in [4.78, 5) is 11.9. The number of para-hydroxylation sites is 2. The molecule has 0 spiro atoms. The number of nitrogens with one attached hydrogen (secondary N) is 1. The zero-order valence-electron chi connectivity index (χ0n) is 12.4. The Kier molecular flexibility index (Phi) is 4.83. The molecule has 1 aliphatic rings. The maximum Gasteiger partial charge on any atom is 0.244 e. The first kappa shape index (κ1) is 15.4. The van der Waals surface area contributed by atoms with E-state index in [9.17, 15) is 4.79 Å². The average molecular weight is 330 g/mol. The SMILES string of the molecule is O=C(/C=C/c1ccccc1Cl)NC[C@H]1COc2ccccc2O1. The number of fused-ring (bicyclic) bond motifs is 1. The van der Waals surface area contributed by atoms with Gasteiger partial charge in [0.15, 0.2) is 11.5 Å². The van der Waals surface area contributed by atoms with Gasteiger partial charge in [-0.05, 0) is 29.8 Å². The molecule has 118 valence electrons. The van der Waals surface area contributed by atoms with Crippen LogP contribution in [0.2, 0.25) is 5.02 Å². The van der Waals surface area contributed by atoms with Crippen LogP contribution in [-0.4, -0.2) is 25.2 Å². The topological polar surface area (TPSA) is 47.6 Å². The minimum atomic E-state index is -0.206. The molecule has 4 nitrogen and oxygen atoms in total. The molecule has 0 bridgehead atoms. The summed E-state index contributed by atoms with van der Waals surface area (Å²) in [5.41, 5.74) is 0.801. The van der Waals surface area contributed by atoms with E-state index in [0.29, 0.717) is 23.9 Å². The van der Waals surface area contributed by atoms with E-state index >= 15 is 0 Å². The molecule has 23 heavy (non-hydrogen) atoms. The third-order valence-electron chi connectivity index (χ3n) is 3.39. The van der Waals surface area contributed by atoms with Crippen molar-refractivity contribution in [2.75, 3.05) is 13.2 Å². The van der Waals surface area contributed by atoms with Crippen LogP contribution in [0.3, 0.4) is 0 Å². The van der Waals surface area contributed by atoms with Crippen molar-refractivity contribution in [3.63, 3.8) is 0 Å². The van der Waals surface area contributed by atoms with Crippen LogP contribution in [0.5, 0.6) is 11.5 Å². The highest BCUT2D eigenvalue weighted by molar-refractivity contribution is 6.32. The summed E-state index contributed by atoms with van der Waals surface area (Å²) in [7, 11) is 0. The quantitative estimate of drug-likeness (QED) is 0.875. The Labute approximate surface area is 139 Å². The summed E-state index contributed by atoms with van der Waals surface area (Å²) in [5, 5.41) is 3.41. The van der Waals surface area contributed by atoms with Crippen molar-refractivity contribution in [2.24, 2.45) is 0 Å². The van der Waals surface area contributed by atoms with E-state index in [1.807, 2.05) is 42.5 Å². The number of ether oxygens (including phenoxy) is 2.